The Labute approximate surface area is 186 Å². The van der Waals surface area contributed by atoms with Crippen LogP contribution in [0.25, 0.3) is 0 Å². The fourth-order valence-corrected chi connectivity index (χ4v) is 4.63. The molecule has 2 nitrogen and oxygen atoms in total. The topological polar surface area (TPSA) is 43.1 Å². The second-order valence-electron chi connectivity index (χ2n) is 5.88. The molecule has 0 unspecified atom stereocenters. The highest BCUT2D eigenvalue weighted by Crippen LogP contribution is 2.53. The third-order valence-electron chi connectivity index (χ3n) is 3.99. The monoisotopic (exact) mass is 649 g/mol. The second kappa shape index (κ2) is 8.15. The maximum atomic E-state index is 14.3. The van der Waals surface area contributed by atoms with Crippen molar-refractivity contribution < 1.29 is 39.9 Å². The maximum absolute atomic E-state index is 14.3. The van der Waals surface area contributed by atoms with E-state index in [0.29, 0.717) is 12.1 Å². The van der Waals surface area contributed by atoms with Gasteiger partial charge in [-0.15, -0.1) is 0 Å². The Balaban J connectivity index is 2.52. The van der Waals surface area contributed by atoms with Gasteiger partial charge >= 0.3 is 18.0 Å². The van der Waals surface area contributed by atoms with E-state index < -0.39 is 41.6 Å². The lowest BCUT2D eigenvalue weighted by atomic mass is 9.92. The van der Waals surface area contributed by atoms with Crippen molar-refractivity contribution in [3.8, 4) is 0 Å². The second-order valence-corrected chi connectivity index (χ2v) is 8.21. The van der Waals surface area contributed by atoms with Crippen LogP contribution in [0.1, 0.15) is 21.5 Å². The molecule has 0 saturated heterocycles. The average Bonchev–Trinajstić information content (AvgIpc) is 2.57. The van der Waals surface area contributed by atoms with Crippen LogP contribution in [0.2, 0.25) is 0 Å². The number of carbonyl (C=O) groups excluding carboxylic acids is 1. The molecule has 2 N–H and O–H groups in total. The highest BCUT2D eigenvalue weighted by Gasteiger charge is 2.73. The highest BCUT2D eigenvalue weighted by molar-refractivity contribution is 14.1. The number of carbonyl (C=O) groups is 1. The van der Waals surface area contributed by atoms with E-state index in [1.165, 1.54) is 57.3 Å². The molecule has 0 fully saturated rings. The number of nitrogens with two attached hydrogens (primary N) is 1. The van der Waals surface area contributed by atoms with Gasteiger partial charge in [0, 0.05) is 19.1 Å². The lowest BCUT2D eigenvalue weighted by molar-refractivity contribution is -0.348. The van der Waals surface area contributed by atoms with Crippen molar-refractivity contribution in [1.29, 1.82) is 0 Å². The molecule has 12 heteroatoms. The normalized spacial score (nSPS) is 12.9. The Bertz CT molecular complexity index is 918. The number of nitrogen functional groups attached to an aromatic ring is 1. The van der Waals surface area contributed by atoms with E-state index >= 15 is 0 Å². The zero-order chi connectivity index (χ0) is 22.4. The molecule has 0 atom stereocenters. The number of hydrogen-bond donors (Lipinski definition) is 1. The summed E-state index contributed by atoms with van der Waals surface area (Å²) < 4.78 is 106. The summed E-state index contributed by atoms with van der Waals surface area (Å²) in [4.78, 5) is 12.4. The van der Waals surface area contributed by atoms with Gasteiger partial charge in [-0.05, 0) is 75.0 Å². The summed E-state index contributed by atoms with van der Waals surface area (Å²) in [5.74, 6) is -1.78. The van der Waals surface area contributed by atoms with Crippen LogP contribution < -0.4 is 5.73 Å². The molecule has 0 saturated carbocycles. The Morgan fingerprint density at radius 2 is 1.41 bits per heavy atom. The molecule has 0 aromatic heterocycles. The SMILES string of the molecule is Nc1cccc(C(=O)Cc2c(I)cc(C(F)(C(F)(F)F)C(F)(F)F)cc2I)c1F. The van der Waals surface area contributed by atoms with Crippen LogP contribution in [0, 0.1) is 13.0 Å². The summed E-state index contributed by atoms with van der Waals surface area (Å²) in [6, 6.07) is 4.42. The number of hydrogen-bond acceptors (Lipinski definition) is 2. The maximum Gasteiger partial charge on any atom is 0.435 e. The molecule has 158 valence electrons. The minimum atomic E-state index is -6.25. The van der Waals surface area contributed by atoms with Gasteiger partial charge in [-0.3, -0.25) is 4.79 Å². The molecule has 0 radical (unpaired) electrons. The highest BCUT2D eigenvalue weighted by atomic mass is 127. The van der Waals surface area contributed by atoms with Crippen LogP contribution in [0.5, 0.6) is 0 Å². The quantitative estimate of drug-likeness (QED) is 0.182. The van der Waals surface area contributed by atoms with E-state index in [2.05, 4.69) is 0 Å². The molecular formula is C17H9F8I2NO. The van der Waals surface area contributed by atoms with Crippen LogP contribution in [0.4, 0.5) is 40.8 Å². The Kier molecular flexibility index (Phi) is 6.77. The Hall–Kier alpha value is -1.19. The number of halogens is 10. The van der Waals surface area contributed by atoms with Crippen molar-refractivity contribution in [3.63, 3.8) is 0 Å². The third kappa shape index (κ3) is 4.46. The standard InChI is InChI=1S/C17H9F8I2NO/c18-14-8(2-1-3-12(14)28)13(29)6-9-10(26)4-7(5-11(9)27)15(19,16(20,21)22)17(23,24)25/h1-5H,6,28H2. The summed E-state index contributed by atoms with van der Waals surface area (Å²) in [5.41, 5.74) is -2.51. The molecule has 0 aliphatic carbocycles. The minimum absolute atomic E-state index is 0.0356. The number of ketones is 1. The summed E-state index contributed by atoms with van der Waals surface area (Å²) in [6.45, 7) is 0. The van der Waals surface area contributed by atoms with E-state index in [4.69, 9.17) is 5.73 Å². The lowest BCUT2D eigenvalue weighted by Gasteiger charge is -2.31. The molecule has 0 heterocycles. The first-order valence-electron chi connectivity index (χ1n) is 7.49. The third-order valence-corrected chi connectivity index (χ3v) is 5.91. The summed E-state index contributed by atoms with van der Waals surface area (Å²) in [6.07, 6.45) is -13.0. The summed E-state index contributed by atoms with van der Waals surface area (Å²) >= 11 is 2.80. The van der Waals surface area contributed by atoms with Gasteiger partial charge in [0.05, 0.1) is 11.3 Å². The molecule has 2 rings (SSSR count). The first kappa shape index (κ1) is 24.1. The van der Waals surface area contributed by atoms with Crippen LogP contribution in [-0.2, 0) is 12.1 Å². The van der Waals surface area contributed by atoms with E-state index in [-0.39, 0.29) is 24.0 Å². The van der Waals surface area contributed by atoms with Gasteiger partial charge in [0.2, 0.25) is 0 Å². The van der Waals surface area contributed by atoms with Crippen molar-refractivity contribution in [3.05, 3.63) is 60.0 Å². The molecule has 29 heavy (non-hydrogen) atoms. The van der Waals surface area contributed by atoms with E-state index in [1.807, 2.05) is 0 Å². The zero-order valence-electron chi connectivity index (χ0n) is 13.9. The number of alkyl halides is 7. The van der Waals surface area contributed by atoms with Crippen LogP contribution in [0.3, 0.4) is 0 Å². The van der Waals surface area contributed by atoms with Crippen molar-refractivity contribution in [2.45, 2.75) is 24.4 Å². The largest absolute Gasteiger partial charge is 0.435 e. The predicted octanol–water partition coefficient (Wildman–Crippen LogP) is 6.33. The Morgan fingerprint density at radius 3 is 1.86 bits per heavy atom. The number of anilines is 1. The predicted molar refractivity (Wildman–Crippen MR) is 106 cm³/mol. The van der Waals surface area contributed by atoms with Crippen molar-refractivity contribution in [2.24, 2.45) is 0 Å². The van der Waals surface area contributed by atoms with Crippen LogP contribution in [-0.4, -0.2) is 18.1 Å². The van der Waals surface area contributed by atoms with Gasteiger partial charge in [-0.2, -0.15) is 26.3 Å². The van der Waals surface area contributed by atoms with Gasteiger partial charge in [0.1, 0.15) is 0 Å². The van der Waals surface area contributed by atoms with Crippen molar-refractivity contribution >= 4 is 56.7 Å². The molecule has 0 bridgehead atoms. The number of Topliss-reactive ketones (excluding diaryl/α,β-unsaturated/α-hetero) is 1. The molecule has 0 spiro atoms. The van der Waals surface area contributed by atoms with Crippen molar-refractivity contribution in [1.82, 2.24) is 0 Å². The van der Waals surface area contributed by atoms with Gasteiger partial charge in [0.25, 0.3) is 0 Å². The molecular weight excluding hydrogens is 640 g/mol. The zero-order valence-corrected chi connectivity index (χ0v) is 18.2. The molecule has 0 aliphatic heterocycles. The lowest BCUT2D eigenvalue weighted by Crippen LogP contribution is -2.50. The first-order chi connectivity index (χ1) is 13.1. The molecule has 2 aromatic rings. The van der Waals surface area contributed by atoms with Crippen molar-refractivity contribution in [2.75, 3.05) is 5.73 Å². The van der Waals surface area contributed by atoms with E-state index in [9.17, 15) is 39.9 Å². The number of benzene rings is 2. The van der Waals surface area contributed by atoms with Crippen LogP contribution >= 0.6 is 45.2 Å². The van der Waals surface area contributed by atoms with E-state index in [1.54, 1.807) is 0 Å². The fourth-order valence-electron chi connectivity index (χ4n) is 2.48. The molecule has 0 amide bonds. The minimum Gasteiger partial charge on any atom is -0.396 e. The fraction of sp³-hybridized carbons (Fsp3) is 0.235. The van der Waals surface area contributed by atoms with Gasteiger partial charge in [0.15, 0.2) is 11.6 Å². The summed E-state index contributed by atoms with van der Waals surface area (Å²) in [7, 11) is 0. The van der Waals surface area contributed by atoms with Gasteiger partial charge in [-0.25, -0.2) is 8.78 Å². The van der Waals surface area contributed by atoms with Gasteiger partial charge in [-0.1, -0.05) is 6.07 Å². The van der Waals surface area contributed by atoms with Gasteiger partial charge < -0.3 is 5.73 Å². The Morgan fingerprint density at radius 1 is 0.931 bits per heavy atom. The smallest absolute Gasteiger partial charge is 0.396 e. The molecule has 2 aromatic carbocycles. The average molecular weight is 649 g/mol. The van der Waals surface area contributed by atoms with E-state index in [0.717, 1.165) is 6.07 Å². The summed E-state index contributed by atoms with van der Waals surface area (Å²) in [5, 5.41) is 0. The number of rotatable bonds is 4. The van der Waals surface area contributed by atoms with Crippen LogP contribution in [0.15, 0.2) is 30.3 Å². The molecule has 0 aliphatic rings. The first-order valence-corrected chi connectivity index (χ1v) is 9.65.